The molecule has 4 heteroatoms. The molecule has 0 aliphatic heterocycles. The van der Waals surface area contributed by atoms with Gasteiger partial charge in [-0.1, -0.05) is 56.1 Å². The summed E-state index contributed by atoms with van der Waals surface area (Å²) in [5.41, 5.74) is 1.56. The molecule has 0 heterocycles. The number of carbonyl (C=O) groups excluding carboxylic acids is 1. The van der Waals surface area contributed by atoms with E-state index in [0.29, 0.717) is 12.0 Å². The first-order chi connectivity index (χ1) is 12.8. The SMILES string of the molecule is CC(C)(C)NSCc1ccccc1.CC1CC2CC(C)C(NC=O)C(C1)C2. The van der Waals surface area contributed by atoms with Crippen molar-refractivity contribution < 1.29 is 4.79 Å². The van der Waals surface area contributed by atoms with Crippen LogP contribution in [0.25, 0.3) is 0 Å². The van der Waals surface area contributed by atoms with Gasteiger partial charge in [0.1, 0.15) is 0 Å². The fourth-order valence-corrected chi connectivity index (χ4v) is 5.58. The molecule has 1 aromatic carbocycles. The van der Waals surface area contributed by atoms with Crippen LogP contribution in [-0.4, -0.2) is 18.0 Å². The Kier molecular flexibility index (Phi) is 8.68. The standard InChI is InChI=1S/C12H21NO.C11H17NS/c1-8-3-10-5-9(2)12(13-7-14)11(4-8)6-10;1-11(2,3)12-13-9-10-7-5-4-6-8-10/h7-12H,3-6H2,1-2H3,(H,13,14);4-8,12H,9H2,1-3H3. The van der Waals surface area contributed by atoms with Gasteiger partial charge in [0.15, 0.2) is 0 Å². The molecule has 2 bridgehead atoms. The summed E-state index contributed by atoms with van der Waals surface area (Å²) >= 11 is 1.76. The second-order valence-electron chi connectivity index (χ2n) is 9.59. The Bertz CT molecular complexity index is 553. The summed E-state index contributed by atoms with van der Waals surface area (Å²) in [6.07, 6.45) is 6.27. The Balaban J connectivity index is 0.000000194. The zero-order chi connectivity index (χ0) is 19.9. The minimum atomic E-state index is 0.194. The van der Waals surface area contributed by atoms with Gasteiger partial charge in [0.05, 0.1) is 0 Å². The van der Waals surface area contributed by atoms with Crippen molar-refractivity contribution >= 4 is 18.4 Å². The van der Waals surface area contributed by atoms with E-state index in [1.807, 2.05) is 6.07 Å². The number of nitrogens with one attached hydrogen (secondary N) is 2. The smallest absolute Gasteiger partial charge is 0.207 e. The summed E-state index contributed by atoms with van der Waals surface area (Å²) in [7, 11) is 0. The third-order valence-corrected chi connectivity index (χ3v) is 6.86. The predicted octanol–water partition coefficient (Wildman–Crippen LogP) is 5.42. The highest BCUT2D eigenvalue weighted by atomic mass is 32.2. The summed E-state index contributed by atoms with van der Waals surface area (Å²) in [5, 5.41) is 3.03. The number of amides is 1. The molecule has 0 spiro atoms. The Hall–Kier alpha value is -1.00. The number of benzene rings is 1. The van der Waals surface area contributed by atoms with E-state index in [0.717, 1.165) is 29.9 Å². The molecule has 3 nitrogen and oxygen atoms in total. The van der Waals surface area contributed by atoms with Gasteiger partial charge in [0, 0.05) is 17.3 Å². The van der Waals surface area contributed by atoms with E-state index in [1.165, 1.54) is 31.2 Å². The lowest BCUT2D eigenvalue weighted by Crippen LogP contribution is -2.48. The lowest BCUT2D eigenvalue weighted by atomic mass is 9.63. The highest BCUT2D eigenvalue weighted by molar-refractivity contribution is 7.96. The second kappa shape index (κ2) is 10.5. The summed E-state index contributed by atoms with van der Waals surface area (Å²) in [5.74, 6) is 4.25. The third kappa shape index (κ3) is 7.87. The lowest BCUT2D eigenvalue weighted by Gasteiger charge is -2.46. The molecule has 5 atom stereocenters. The highest BCUT2D eigenvalue weighted by Crippen LogP contribution is 2.44. The topological polar surface area (TPSA) is 41.1 Å². The second-order valence-corrected chi connectivity index (χ2v) is 10.4. The fraction of sp³-hybridized carbons (Fsp3) is 0.696. The van der Waals surface area contributed by atoms with E-state index < -0.39 is 0 Å². The summed E-state index contributed by atoms with van der Waals surface area (Å²) < 4.78 is 3.39. The van der Waals surface area contributed by atoms with Crippen LogP contribution in [0.2, 0.25) is 0 Å². The summed E-state index contributed by atoms with van der Waals surface area (Å²) in [6.45, 7) is 11.2. The first kappa shape index (κ1) is 22.3. The predicted molar refractivity (Wildman–Crippen MR) is 117 cm³/mol. The van der Waals surface area contributed by atoms with Crippen molar-refractivity contribution in [2.45, 2.75) is 77.6 Å². The van der Waals surface area contributed by atoms with Crippen molar-refractivity contribution in [1.29, 1.82) is 0 Å². The van der Waals surface area contributed by atoms with Gasteiger partial charge in [-0.2, -0.15) is 0 Å². The van der Waals surface area contributed by atoms with Gasteiger partial charge < -0.3 is 5.32 Å². The highest BCUT2D eigenvalue weighted by Gasteiger charge is 2.39. The van der Waals surface area contributed by atoms with Gasteiger partial charge in [-0.3, -0.25) is 9.52 Å². The first-order valence-corrected chi connectivity index (χ1v) is 11.4. The minimum Gasteiger partial charge on any atom is -0.355 e. The molecule has 0 saturated heterocycles. The van der Waals surface area contributed by atoms with Gasteiger partial charge >= 0.3 is 0 Å². The molecule has 2 N–H and O–H groups in total. The van der Waals surface area contributed by atoms with E-state index in [9.17, 15) is 4.79 Å². The van der Waals surface area contributed by atoms with Crippen LogP contribution in [0.5, 0.6) is 0 Å². The molecule has 1 aromatic rings. The Morgan fingerprint density at radius 1 is 1.07 bits per heavy atom. The molecule has 5 unspecified atom stereocenters. The molecule has 27 heavy (non-hydrogen) atoms. The van der Waals surface area contributed by atoms with Crippen molar-refractivity contribution in [3.05, 3.63) is 35.9 Å². The van der Waals surface area contributed by atoms with E-state index >= 15 is 0 Å². The van der Waals surface area contributed by atoms with Gasteiger partial charge in [0.25, 0.3) is 0 Å². The Labute approximate surface area is 170 Å². The zero-order valence-corrected chi connectivity index (χ0v) is 18.5. The molecular formula is C23H38N2OS. The number of carbonyl (C=O) groups is 1. The van der Waals surface area contributed by atoms with Crippen LogP contribution in [0, 0.1) is 23.7 Å². The minimum absolute atomic E-state index is 0.194. The fourth-order valence-electron chi connectivity index (χ4n) is 4.71. The maximum atomic E-state index is 10.6. The van der Waals surface area contributed by atoms with E-state index in [2.05, 4.69) is 68.9 Å². The maximum Gasteiger partial charge on any atom is 0.207 e. The summed E-state index contributed by atoms with van der Waals surface area (Å²) in [6, 6.07) is 11.0. The molecule has 2 saturated carbocycles. The van der Waals surface area contributed by atoms with Crippen molar-refractivity contribution in [2.24, 2.45) is 23.7 Å². The van der Waals surface area contributed by atoms with Crippen molar-refractivity contribution in [1.82, 2.24) is 10.0 Å². The van der Waals surface area contributed by atoms with E-state index in [-0.39, 0.29) is 5.54 Å². The van der Waals surface area contributed by atoms with Crippen LogP contribution >= 0.6 is 11.9 Å². The van der Waals surface area contributed by atoms with Gasteiger partial charge in [-0.25, -0.2) is 0 Å². The van der Waals surface area contributed by atoms with Gasteiger partial charge in [-0.15, -0.1) is 0 Å². The molecule has 2 aliphatic rings. The normalized spacial score (nSPS) is 30.0. The van der Waals surface area contributed by atoms with E-state index in [4.69, 9.17) is 0 Å². The number of fused-ring (bicyclic) bond motifs is 2. The van der Waals surface area contributed by atoms with Crippen LogP contribution in [0.3, 0.4) is 0 Å². The first-order valence-electron chi connectivity index (χ1n) is 10.4. The summed E-state index contributed by atoms with van der Waals surface area (Å²) in [4.78, 5) is 10.6. The Morgan fingerprint density at radius 3 is 2.41 bits per heavy atom. The molecule has 2 aliphatic carbocycles. The average molecular weight is 391 g/mol. The third-order valence-electron chi connectivity index (χ3n) is 5.62. The molecule has 1 amide bonds. The molecule has 2 fully saturated rings. The molecular weight excluding hydrogens is 352 g/mol. The number of hydrogen-bond donors (Lipinski definition) is 2. The molecule has 152 valence electrons. The molecule has 0 aromatic heterocycles. The maximum absolute atomic E-state index is 10.6. The largest absolute Gasteiger partial charge is 0.355 e. The van der Waals surface area contributed by atoms with Gasteiger partial charge in [0.2, 0.25) is 6.41 Å². The molecule has 0 radical (unpaired) electrons. The van der Waals surface area contributed by atoms with Crippen LogP contribution < -0.4 is 10.0 Å². The monoisotopic (exact) mass is 390 g/mol. The quantitative estimate of drug-likeness (QED) is 0.521. The lowest BCUT2D eigenvalue weighted by molar-refractivity contribution is -0.111. The van der Waals surface area contributed by atoms with Crippen molar-refractivity contribution in [2.75, 3.05) is 0 Å². The van der Waals surface area contributed by atoms with Crippen LogP contribution in [0.15, 0.2) is 30.3 Å². The zero-order valence-electron chi connectivity index (χ0n) is 17.7. The Morgan fingerprint density at radius 2 is 1.78 bits per heavy atom. The average Bonchev–Trinajstić information content (AvgIpc) is 2.58. The van der Waals surface area contributed by atoms with E-state index in [1.54, 1.807) is 11.9 Å². The number of hydrogen-bond acceptors (Lipinski definition) is 3. The van der Waals surface area contributed by atoms with Crippen molar-refractivity contribution in [3.63, 3.8) is 0 Å². The van der Waals surface area contributed by atoms with Gasteiger partial charge in [-0.05, 0) is 75.7 Å². The van der Waals surface area contributed by atoms with Crippen molar-refractivity contribution in [3.8, 4) is 0 Å². The van der Waals surface area contributed by atoms with Crippen LogP contribution in [0.1, 0.15) is 65.9 Å². The van der Waals surface area contributed by atoms with Crippen LogP contribution in [0.4, 0.5) is 0 Å². The van der Waals surface area contributed by atoms with Crippen LogP contribution in [-0.2, 0) is 10.5 Å². The number of rotatable bonds is 5. The molecule has 3 rings (SSSR count).